The smallest absolute Gasteiger partial charge is 0.198 e. The van der Waals surface area contributed by atoms with Gasteiger partial charge in [0.15, 0.2) is 11.1 Å². The van der Waals surface area contributed by atoms with E-state index in [1.54, 1.807) is 0 Å². The number of thiocarbonyl (C=S) groups is 1. The van der Waals surface area contributed by atoms with Crippen LogP contribution in [0.5, 0.6) is 0 Å². The first-order valence-corrected chi connectivity index (χ1v) is 4.07. The lowest BCUT2D eigenvalue weighted by atomic mass is 10.4. The van der Waals surface area contributed by atoms with Crippen LogP contribution in [-0.2, 0) is 4.74 Å². The summed E-state index contributed by atoms with van der Waals surface area (Å²) in [5.74, 6) is 0.380. The van der Waals surface area contributed by atoms with Crippen LogP contribution in [0.25, 0.3) is 0 Å². The third kappa shape index (κ3) is 2.63. The molecule has 1 aliphatic heterocycles. The fourth-order valence-corrected chi connectivity index (χ4v) is 1.07. The van der Waals surface area contributed by atoms with E-state index in [0.717, 1.165) is 13.1 Å². The summed E-state index contributed by atoms with van der Waals surface area (Å²) in [6.45, 7) is 2.84. The van der Waals surface area contributed by atoms with E-state index < -0.39 is 0 Å². The second-order valence-electron chi connectivity index (χ2n) is 2.41. The number of rotatable bonds is 0. The first-order valence-electron chi connectivity index (χ1n) is 3.66. The molecular weight excluding hydrogens is 176 g/mol. The van der Waals surface area contributed by atoms with Gasteiger partial charge in [-0.15, -0.1) is 0 Å². The Hall–Kier alpha value is -0.880. The van der Waals surface area contributed by atoms with Gasteiger partial charge in [-0.2, -0.15) is 4.99 Å². The van der Waals surface area contributed by atoms with E-state index in [1.165, 1.54) is 0 Å². The Kier molecular flexibility index (Phi) is 3.24. The lowest BCUT2D eigenvalue weighted by molar-refractivity contribution is 0.0676. The number of ether oxygens (including phenoxy) is 1. The van der Waals surface area contributed by atoms with Gasteiger partial charge in [-0.25, -0.2) is 0 Å². The van der Waals surface area contributed by atoms with Crippen molar-refractivity contribution >= 4 is 23.3 Å². The lowest BCUT2D eigenvalue weighted by Crippen LogP contribution is -2.45. The second-order valence-corrected chi connectivity index (χ2v) is 2.83. The Morgan fingerprint density at radius 1 is 1.33 bits per heavy atom. The molecule has 0 aromatic rings. The predicted molar refractivity (Wildman–Crippen MR) is 50.8 cm³/mol. The summed E-state index contributed by atoms with van der Waals surface area (Å²) in [5.41, 5.74) is 10.8. The summed E-state index contributed by atoms with van der Waals surface area (Å²) in [5, 5.41) is 0.0685. The van der Waals surface area contributed by atoms with E-state index in [4.69, 9.17) is 16.2 Å². The Morgan fingerprint density at radius 2 is 1.92 bits per heavy atom. The number of morpholine rings is 1. The van der Waals surface area contributed by atoms with Crippen molar-refractivity contribution < 1.29 is 4.74 Å². The molecule has 0 unspecified atom stereocenters. The summed E-state index contributed by atoms with van der Waals surface area (Å²) >= 11 is 4.59. The number of hydrogen-bond acceptors (Lipinski definition) is 2. The van der Waals surface area contributed by atoms with Crippen molar-refractivity contribution in [1.82, 2.24) is 4.90 Å². The Morgan fingerprint density at radius 3 is 2.42 bits per heavy atom. The number of hydrogen-bond donors (Lipinski definition) is 2. The van der Waals surface area contributed by atoms with Crippen molar-refractivity contribution in [2.24, 2.45) is 16.5 Å². The molecule has 0 spiro atoms. The summed E-state index contributed by atoms with van der Waals surface area (Å²) in [6.07, 6.45) is 0. The van der Waals surface area contributed by atoms with Crippen LogP contribution in [0.1, 0.15) is 0 Å². The van der Waals surface area contributed by atoms with E-state index in [9.17, 15) is 0 Å². The molecule has 0 bridgehead atoms. The molecule has 4 N–H and O–H groups in total. The maximum atomic E-state index is 5.60. The Balaban J connectivity index is 2.49. The van der Waals surface area contributed by atoms with Crippen molar-refractivity contribution in [3.05, 3.63) is 0 Å². The molecule has 1 fully saturated rings. The van der Waals surface area contributed by atoms with E-state index >= 15 is 0 Å². The van der Waals surface area contributed by atoms with Gasteiger partial charge in [0.1, 0.15) is 0 Å². The topological polar surface area (TPSA) is 76.9 Å². The highest BCUT2D eigenvalue weighted by atomic mass is 32.1. The highest BCUT2D eigenvalue weighted by Gasteiger charge is 2.11. The Bertz CT molecular complexity index is 200. The van der Waals surface area contributed by atoms with Crippen LogP contribution in [0.2, 0.25) is 0 Å². The SMILES string of the molecule is NC(=S)/N=C(\N)N1CCOCC1. The van der Waals surface area contributed by atoms with Crippen LogP contribution >= 0.6 is 12.2 Å². The van der Waals surface area contributed by atoms with Gasteiger partial charge in [-0.3, -0.25) is 0 Å². The number of guanidine groups is 1. The van der Waals surface area contributed by atoms with Crippen molar-refractivity contribution in [2.75, 3.05) is 26.3 Å². The maximum absolute atomic E-state index is 5.60. The normalized spacial score (nSPS) is 19.3. The van der Waals surface area contributed by atoms with Gasteiger partial charge < -0.3 is 21.1 Å². The largest absolute Gasteiger partial charge is 0.378 e. The minimum atomic E-state index is 0.0685. The zero-order valence-corrected chi connectivity index (χ0v) is 7.51. The molecule has 5 nitrogen and oxygen atoms in total. The van der Waals surface area contributed by atoms with E-state index in [1.807, 2.05) is 4.90 Å². The first kappa shape index (κ1) is 9.21. The van der Waals surface area contributed by atoms with Gasteiger partial charge in [-0.05, 0) is 12.2 Å². The highest BCUT2D eigenvalue weighted by molar-refractivity contribution is 7.80. The minimum Gasteiger partial charge on any atom is -0.378 e. The Labute approximate surface area is 76.4 Å². The zero-order valence-electron chi connectivity index (χ0n) is 6.69. The van der Waals surface area contributed by atoms with E-state index in [-0.39, 0.29) is 5.11 Å². The van der Waals surface area contributed by atoms with Gasteiger partial charge in [0.2, 0.25) is 0 Å². The van der Waals surface area contributed by atoms with Gasteiger partial charge in [0, 0.05) is 13.1 Å². The maximum Gasteiger partial charge on any atom is 0.198 e. The molecule has 0 aromatic heterocycles. The molecule has 1 heterocycles. The zero-order chi connectivity index (χ0) is 8.97. The predicted octanol–water partition coefficient (Wildman–Crippen LogP) is -1.12. The highest BCUT2D eigenvalue weighted by Crippen LogP contribution is 1.95. The summed E-state index contributed by atoms with van der Waals surface area (Å²) in [4.78, 5) is 5.67. The van der Waals surface area contributed by atoms with Crippen molar-refractivity contribution in [3.8, 4) is 0 Å². The van der Waals surface area contributed by atoms with Crippen LogP contribution in [0.15, 0.2) is 4.99 Å². The van der Waals surface area contributed by atoms with E-state index in [0.29, 0.717) is 19.2 Å². The van der Waals surface area contributed by atoms with Crippen molar-refractivity contribution in [3.63, 3.8) is 0 Å². The van der Waals surface area contributed by atoms with Crippen LogP contribution in [0.4, 0.5) is 0 Å². The number of aliphatic imine (C=N–C) groups is 1. The molecule has 1 rings (SSSR count). The number of nitrogens with zero attached hydrogens (tertiary/aromatic N) is 2. The quantitative estimate of drug-likeness (QED) is 0.286. The molecule has 0 atom stereocenters. The van der Waals surface area contributed by atoms with Crippen LogP contribution in [-0.4, -0.2) is 42.3 Å². The number of nitrogens with two attached hydrogens (primary N) is 2. The van der Waals surface area contributed by atoms with Gasteiger partial charge in [0.25, 0.3) is 0 Å². The summed E-state index contributed by atoms with van der Waals surface area (Å²) < 4.78 is 5.14. The average molecular weight is 188 g/mol. The molecule has 0 aromatic carbocycles. The average Bonchev–Trinajstić information content (AvgIpc) is 2.05. The first-order chi connectivity index (χ1) is 5.70. The molecule has 0 aliphatic carbocycles. The van der Waals surface area contributed by atoms with Gasteiger partial charge in [-0.1, -0.05) is 0 Å². The fourth-order valence-electron chi connectivity index (χ4n) is 0.976. The van der Waals surface area contributed by atoms with Crippen molar-refractivity contribution in [2.45, 2.75) is 0 Å². The third-order valence-corrected chi connectivity index (χ3v) is 1.65. The van der Waals surface area contributed by atoms with Gasteiger partial charge in [0.05, 0.1) is 13.2 Å². The van der Waals surface area contributed by atoms with Crippen LogP contribution in [0.3, 0.4) is 0 Å². The molecule has 0 amide bonds. The monoisotopic (exact) mass is 188 g/mol. The summed E-state index contributed by atoms with van der Waals surface area (Å²) in [6, 6.07) is 0. The molecule has 6 heteroatoms. The van der Waals surface area contributed by atoms with Gasteiger partial charge >= 0.3 is 0 Å². The second kappa shape index (κ2) is 4.22. The minimum absolute atomic E-state index is 0.0685. The molecule has 68 valence electrons. The van der Waals surface area contributed by atoms with Crippen LogP contribution < -0.4 is 11.5 Å². The molecule has 1 aliphatic rings. The van der Waals surface area contributed by atoms with Crippen molar-refractivity contribution in [1.29, 1.82) is 0 Å². The molecular formula is C6H12N4OS. The molecule has 0 saturated carbocycles. The van der Waals surface area contributed by atoms with E-state index in [2.05, 4.69) is 17.2 Å². The van der Waals surface area contributed by atoms with Crippen LogP contribution in [0, 0.1) is 0 Å². The fraction of sp³-hybridized carbons (Fsp3) is 0.667. The third-order valence-electron chi connectivity index (χ3n) is 1.56. The molecule has 1 saturated heterocycles. The standard InChI is InChI=1S/C6H12N4OS/c7-5(9-6(8)12)10-1-3-11-4-2-10/h1-4H2,(H4,7,8,9,12). The molecule has 0 radical (unpaired) electrons. The summed E-state index contributed by atoms with van der Waals surface area (Å²) in [7, 11) is 0. The molecule has 12 heavy (non-hydrogen) atoms. The lowest BCUT2D eigenvalue weighted by Gasteiger charge is -2.27.